The van der Waals surface area contributed by atoms with Crippen LogP contribution in [0.4, 0.5) is 0 Å². The van der Waals surface area contributed by atoms with Gasteiger partial charge in [-0.1, -0.05) is 26.0 Å². The molecule has 0 aromatic heterocycles. The van der Waals surface area contributed by atoms with E-state index in [1.807, 2.05) is 13.8 Å². The average molecular weight is 318 g/mol. The summed E-state index contributed by atoms with van der Waals surface area (Å²) in [6.07, 6.45) is 1.05. The van der Waals surface area contributed by atoms with Crippen molar-refractivity contribution in [1.29, 1.82) is 0 Å². The van der Waals surface area contributed by atoms with E-state index >= 15 is 0 Å². The van der Waals surface area contributed by atoms with Crippen molar-refractivity contribution >= 4 is 17.8 Å². The van der Waals surface area contributed by atoms with Gasteiger partial charge in [-0.2, -0.15) is 0 Å². The molecule has 0 spiro atoms. The summed E-state index contributed by atoms with van der Waals surface area (Å²) in [6, 6.07) is 6.75. The molecule has 0 saturated carbocycles. The van der Waals surface area contributed by atoms with Crippen LogP contribution in [0.5, 0.6) is 0 Å². The van der Waals surface area contributed by atoms with Gasteiger partial charge in [0, 0.05) is 19.6 Å². The number of amides is 2. The van der Waals surface area contributed by atoms with Gasteiger partial charge in [-0.25, -0.2) is 0 Å². The number of aliphatic carboxylic acids is 1. The molecule has 0 radical (unpaired) electrons. The van der Waals surface area contributed by atoms with E-state index in [0.29, 0.717) is 37.1 Å². The number of hydrogen-bond acceptors (Lipinski definition) is 4. The highest BCUT2D eigenvalue weighted by Gasteiger charge is 2.36. The highest BCUT2D eigenvalue weighted by atomic mass is 16.4. The molecule has 2 N–H and O–H groups in total. The van der Waals surface area contributed by atoms with E-state index in [0.717, 1.165) is 0 Å². The van der Waals surface area contributed by atoms with Crippen LogP contribution >= 0.6 is 0 Å². The lowest BCUT2D eigenvalue weighted by Gasteiger charge is -2.27. The molecule has 2 amide bonds. The summed E-state index contributed by atoms with van der Waals surface area (Å²) in [5.74, 6) is -1.40. The van der Waals surface area contributed by atoms with Gasteiger partial charge in [0.1, 0.15) is 0 Å². The van der Waals surface area contributed by atoms with E-state index in [1.165, 1.54) is 4.90 Å². The van der Waals surface area contributed by atoms with Crippen LogP contribution in [0.1, 0.15) is 47.4 Å². The van der Waals surface area contributed by atoms with Crippen LogP contribution in [0, 0.1) is 5.41 Å². The lowest BCUT2D eigenvalue weighted by atomic mass is 9.82. The van der Waals surface area contributed by atoms with Crippen LogP contribution in [-0.4, -0.2) is 47.4 Å². The Bertz CT molecular complexity index is 588. The zero-order valence-electron chi connectivity index (χ0n) is 13.5. The van der Waals surface area contributed by atoms with Crippen molar-refractivity contribution in [2.24, 2.45) is 5.41 Å². The number of carboxylic acid groups (broad SMARTS) is 1. The SMILES string of the molecule is CCC(CC)(CNCCN1C(=O)c2ccccc2C1=O)C(=O)O. The fourth-order valence-electron chi connectivity index (χ4n) is 2.84. The molecule has 1 aromatic carbocycles. The maximum absolute atomic E-state index is 12.2. The zero-order chi connectivity index (χ0) is 17.0. The molecule has 6 nitrogen and oxygen atoms in total. The van der Waals surface area contributed by atoms with Gasteiger partial charge in [-0.15, -0.1) is 0 Å². The van der Waals surface area contributed by atoms with E-state index in [1.54, 1.807) is 24.3 Å². The van der Waals surface area contributed by atoms with E-state index in [4.69, 9.17) is 0 Å². The molecule has 0 atom stereocenters. The zero-order valence-corrected chi connectivity index (χ0v) is 13.5. The molecule has 0 aliphatic carbocycles. The molecular formula is C17H22N2O4. The number of carboxylic acids is 1. The summed E-state index contributed by atoms with van der Waals surface area (Å²) in [6.45, 7) is 4.63. The molecule has 1 aliphatic rings. The fourth-order valence-corrected chi connectivity index (χ4v) is 2.84. The van der Waals surface area contributed by atoms with Crippen LogP contribution in [0.15, 0.2) is 24.3 Å². The number of imide groups is 1. The predicted octanol–water partition coefficient (Wildman–Crippen LogP) is 1.76. The van der Waals surface area contributed by atoms with Crippen molar-refractivity contribution in [1.82, 2.24) is 10.2 Å². The number of fused-ring (bicyclic) bond motifs is 1. The van der Waals surface area contributed by atoms with E-state index < -0.39 is 11.4 Å². The topological polar surface area (TPSA) is 86.7 Å². The van der Waals surface area contributed by atoms with E-state index in [-0.39, 0.29) is 18.4 Å². The maximum Gasteiger partial charge on any atom is 0.310 e. The van der Waals surface area contributed by atoms with Crippen molar-refractivity contribution in [3.8, 4) is 0 Å². The predicted molar refractivity (Wildman–Crippen MR) is 85.3 cm³/mol. The number of benzene rings is 1. The van der Waals surface area contributed by atoms with Gasteiger partial charge in [0.2, 0.25) is 0 Å². The van der Waals surface area contributed by atoms with E-state index in [9.17, 15) is 19.5 Å². The summed E-state index contributed by atoms with van der Waals surface area (Å²) in [5, 5.41) is 12.5. The Morgan fingerprint density at radius 3 is 2.09 bits per heavy atom. The molecule has 1 heterocycles. The van der Waals surface area contributed by atoms with Gasteiger partial charge in [-0.3, -0.25) is 19.3 Å². The largest absolute Gasteiger partial charge is 0.481 e. The normalized spacial score (nSPS) is 14.3. The quantitative estimate of drug-likeness (QED) is 0.563. The molecule has 6 heteroatoms. The molecule has 0 fully saturated rings. The van der Waals surface area contributed by atoms with Crippen molar-refractivity contribution < 1.29 is 19.5 Å². The van der Waals surface area contributed by atoms with Gasteiger partial charge in [0.05, 0.1) is 16.5 Å². The highest BCUT2D eigenvalue weighted by molar-refractivity contribution is 6.21. The van der Waals surface area contributed by atoms with Crippen molar-refractivity contribution in [3.05, 3.63) is 35.4 Å². The highest BCUT2D eigenvalue weighted by Crippen LogP contribution is 2.26. The first-order valence-electron chi connectivity index (χ1n) is 7.86. The summed E-state index contributed by atoms with van der Waals surface area (Å²) >= 11 is 0. The number of carbonyl (C=O) groups is 3. The van der Waals surface area contributed by atoms with Crippen LogP contribution in [0.2, 0.25) is 0 Å². The third-order valence-corrected chi connectivity index (χ3v) is 4.66. The number of nitrogens with zero attached hydrogens (tertiary/aromatic N) is 1. The van der Waals surface area contributed by atoms with Crippen molar-refractivity contribution in [2.45, 2.75) is 26.7 Å². The summed E-state index contributed by atoms with van der Waals surface area (Å²) in [5.41, 5.74) is 0.0566. The molecular weight excluding hydrogens is 296 g/mol. The summed E-state index contributed by atoms with van der Waals surface area (Å²) in [7, 11) is 0. The molecule has 1 aromatic rings. The van der Waals surface area contributed by atoms with Gasteiger partial charge >= 0.3 is 5.97 Å². The molecule has 1 aliphatic heterocycles. The van der Waals surface area contributed by atoms with Crippen LogP contribution in [-0.2, 0) is 4.79 Å². The molecule has 0 saturated heterocycles. The first kappa shape index (κ1) is 17.1. The lowest BCUT2D eigenvalue weighted by molar-refractivity contribution is -0.149. The Labute approximate surface area is 135 Å². The third-order valence-electron chi connectivity index (χ3n) is 4.66. The molecule has 0 unspecified atom stereocenters. The second-order valence-corrected chi connectivity index (χ2v) is 5.78. The lowest BCUT2D eigenvalue weighted by Crippen LogP contribution is -2.43. The average Bonchev–Trinajstić information content (AvgIpc) is 2.80. The Hall–Kier alpha value is -2.21. The maximum atomic E-state index is 12.2. The number of carbonyl (C=O) groups excluding carboxylic acids is 2. The van der Waals surface area contributed by atoms with Gasteiger partial charge in [0.15, 0.2) is 0 Å². The Morgan fingerprint density at radius 2 is 1.65 bits per heavy atom. The Morgan fingerprint density at radius 1 is 1.13 bits per heavy atom. The summed E-state index contributed by atoms with van der Waals surface area (Å²) < 4.78 is 0. The third kappa shape index (κ3) is 3.12. The smallest absolute Gasteiger partial charge is 0.310 e. The number of nitrogens with one attached hydrogen (secondary N) is 1. The van der Waals surface area contributed by atoms with Gasteiger partial charge in [0.25, 0.3) is 11.8 Å². The minimum Gasteiger partial charge on any atom is -0.481 e. The minimum atomic E-state index is -0.823. The molecule has 0 bridgehead atoms. The second kappa shape index (κ2) is 6.91. The van der Waals surface area contributed by atoms with Crippen LogP contribution < -0.4 is 5.32 Å². The van der Waals surface area contributed by atoms with Crippen molar-refractivity contribution in [2.75, 3.05) is 19.6 Å². The monoisotopic (exact) mass is 318 g/mol. The molecule has 124 valence electrons. The number of rotatable bonds is 8. The Kier molecular flexibility index (Phi) is 5.15. The van der Waals surface area contributed by atoms with Gasteiger partial charge < -0.3 is 10.4 Å². The number of hydrogen-bond donors (Lipinski definition) is 2. The Balaban J connectivity index is 1.92. The first-order chi connectivity index (χ1) is 11.0. The molecule has 2 rings (SSSR count). The minimum absolute atomic E-state index is 0.232. The first-order valence-corrected chi connectivity index (χ1v) is 7.86. The summed E-state index contributed by atoms with van der Waals surface area (Å²) in [4.78, 5) is 37.0. The van der Waals surface area contributed by atoms with Crippen molar-refractivity contribution in [3.63, 3.8) is 0 Å². The fraction of sp³-hybridized carbons (Fsp3) is 0.471. The standard InChI is InChI=1S/C17H22N2O4/c1-3-17(4-2,16(22)23)11-18-9-10-19-14(20)12-7-5-6-8-13(12)15(19)21/h5-8,18H,3-4,9-11H2,1-2H3,(H,22,23). The van der Waals surface area contributed by atoms with Crippen LogP contribution in [0.3, 0.4) is 0 Å². The second-order valence-electron chi connectivity index (χ2n) is 5.78. The van der Waals surface area contributed by atoms with E-state index in [2.05, 4.69) is 5.32 Å². The molecule has 23 heavy (non-hydrogen) atoms. The van der Waals surface area contributed by atoms with Crippen LogP contribution in [0.25, 0.3) is 0 Å². The van der Waals surface area contributed by atoms with Gasteiger partial charge in [-0.05, 0) is 25.0 Å².